The summed E-state index contributed by atoms with van der Waals surface area (Å²) in [5.41, 5.74) is 0.491. The Morgan fingerprint density at radius 2 is 2.04 bits per heavy atom. The summed E-state index contributed by atoms with van der Waals surface area (Å²) in [5.74, 6) is 1.07. The van der Waals surface area contributed by atoms with Gasteiger partial charge in [0.2, 0.25) is 0 Å². The van der Waals surface area contributed by atoms with Crippen molar-refractivity contribution in [2.75, 3.05) is 17.8 Å². The molecule has 0 aliphatic carbocycles. The molecule has 0 saturated carbocycles. The van der Waals surface area contributed by atoms with E-state index in [1.165, 1.54) is 18.2 Å². The van der Waals surface area contributed by atoms with Crippen LogP contribution in [0.25, 0.3) is 0 Å². The molecule has 1 aliphatic rings. The first-order valence-electron chi connectivity index (χ1n) is 8.20. The highest BCUT2D eigenvalue weighted by molar-refractivity contribution is 7.92. The Labute approximate surface area is 147 Å². The molecule has 7 nitrogen and oxygen atoms in total. The molecule has 1 N–H and O–H groups in total. The summed E-state index contributed by atoms with van der Waals surface area (Å²) in [6.07, 6.45) is 2.13. The molecule has 134 valence electrons. The van der Waals surface area contributed by atoms with E-state index in [-0.39, 0.29) is 16.6 Å². The van der Waals surface area contributed by atoms with E-state index >= 15 is 0 Å². The molecule has 1 saturated heterocycles. The number of nitrogens with zero attached hydrogens (tertiary/aromatic N) is 2. The van der Waals surface area contributed by atoms with E-state index < -0.39 is 10.0 Å². The van der Waals surface area contributed by atoms with Gasteiger partial charge in [-0.3, -0.25) is 9.52 Å². The van der Waals surface area contributed by atoms with Crippen LogP contribution in [-0.4, -0.2) is 37.5 Å². The lowest BCUT2D eigenvalue weighted by molar-refractivity contribution is 0.0683. The number of aryl methyl sites for hydroxylation is 1. The number of hydrogen-bond acceptors (Lipinski definition) is 5. The number of carbonyl (C=O) groups excluding carboxylic acids is 1. The van der Waals surface area contributed by atoms with E-state index in [9.17, 15) is 13.2 Å². The SMILES string of the molecule is Cc1cc(NS(=O)(=O)c2ccc(C(=O)N3CCCC(C)C3)cc2)no1. The van der Waals surface area contributed by atoms with E-state index in [0.717, 1.165) is 25.9 Å². The fourth-order valence-electron chi connectivity index (χ4n) is 2.94. The Bertz CT molecular complexity index is 858. The Kier molecular flexibility index (Phi) is 4.80. The number of sulfonamides is 1. The van der Waals surface area contributed by atoms with Crippen molar-refractivity contribution in [1.82, 2.24) is 10.1 Å². The summed E-state index contributed by atoms with van der Waals surface area (Å²) in [5, 5.41) is 3.61. The quantitative estimate of drug-likeness (QED) is 0.901. The van der Waals surface area contributed by atoms with Crippen molar-refractivity contribution in [3.05, 3.63) is 41.7 Å². The number of piperidine rings is 1. The summed E-state index contributed by atoms with van der Waals surface area (Å²) in [6, 6.07) is 7.44. The van der Waals surface area contributed by atoms with Crippen molar-refractivity contribution in [3.63, 3.8) is 0 Å². The maximum absolute atomic E-state index is 12.5. The molecule has 2 heterocycles. The van der Waals surface area contributed by atoms with E-state index in [2.05, 4.69) is 16.8 Å². The molecular weight excluding hydrogens is 342 g/mol. The van der Waals surface area contributed by atoms with Gasteiger partial charge in [0.1, 0.15) is 5.76 Å². The highest BCUT2D eigenvalue weighted by Gasteiger charge is 2.23. The van der Waals surface area contributed by atoms with Gasteiger partial charge in [-0.05, 0) is 49.9 Å². The molecule has 1 atom stereocenters. The van der Waals surface area contributed by atoms with Crippen LogP contribution in [0.15, 0.2) is 39.8 Å². The number of hydrogen-bond donors (Lipinski definition) is 1. The highest BCUT2D eigenvalue weighted by atomic mass is 32.2. The standard InChI is InChI=1S/C17H21N3O4S/c1-12-4-3-9-20(11-12)17(21)14-5-7-15(8-6-14)25(22,23)19-16-10-13(2)24-18-16/h5-8,10,12H,3-4,9,11H2,1-2H3,(H,18,19). The third-order valence-electron chi connectivity index (χ3n) is 4.22. The first kappa shape index (κ1) is 17.5. The Morgan fingerprint density at radius 1 is 1.32 bits per heavy atom. The first-order valence-corrected chi connectivity index (χ1v) is 9.69. The number of likely N-dealkylation sites (tertiary alicyclic amines) is 1. The van der Waals surface area contributed by atoms with E-state index in [1.807, 2.05) is 4.90 Å². The second kappa shape index (κ2) is 6.87. The zero-order valence-electron chi connectivity index (χ0n) is 14.2. The monoisotopic (exact) mass is 363 g/mol. The fraction of sp³-hybridized carbons (Fsp3) is 0.412. The number of amides is 1. The van der Waals surface area contributed by atoms with Crippen LogP contribution in [0.3, 0.4) is 0 Å². The number of benzene rings is 1. The van der Waals surface area contributed by atoms with Crippen LogP contribution < -0.4 is 4.72 Å². The Morgan fingerprint density at radius 3 is 2.64 bits per heavy atom. The largest absolute Gasteiger partial charge is 0.360 e. The van der Waals surface area contributed by atoms with Crippen LogP contribution in [0.2, 0.25) is 0 Å². The summed E-state index contributed by atoms with van der Waals surface area (Å²) >= 11 is 0. The third kappa shape index (κ3) is 4.01. The molecule has 0 radical (unpaired) electrons. The Balaban J connectivity index is 1.74. The van der Waals surface area contributed by atoms with Crippen molar-refractivity contribution >= 4 is 21.7 Å². The molecule has 8 heteroatoms. The molecular formula is C17H21N3O4S. The minimum Gasteiger partial charge on any atom is -0.360 e. The van der Waals surface area contributed by atoms with Crippen molar-refractivity contribution in [2.24, 2.45) is 5.92 Å². The van der Waals surface area contributed by atoms with Crippen LogP contribution in [0.1, 0.15) is 35.9 Å². The van der Waals surface area contributed by atoms with Gasteiger partial charge in [0.25, 0.3) is 15.9 Å². The number of rotatable bonds is 4. The minimum atomic E-state index is -3.77. The molecule has 1 aromatic heterocycles. The number of anilines is 1. The van der Waals surface area contributed by atoms with Gasteiger partial charge < -0.3 is 9.42 Å². The van der Waals surface area contributed by atoms with Gasteiger partial charge in [-0.15, -0.1) is 0 Å². The minimum absolute atomic E-state index is 0.0596. The van der Waals surface area contributed by atoms with Gasteiger partial charge in [0.15, 0.2) is 5.82 Å². The highest BCUT2D eigenvalue weighted by Crippen LogP contribution is 2.20. The molecule has 1 unspecified atom stereocenters. The van der Waals surface area contributed by atoms with E-state index in [0.29, 0.717) is 17.2 Å². The molecule has 0 bridgehead atoms. The lowest BCUT2D eigenvalue weighted by atomic mass is 9.99. The molecule has 25 heavy (non-hydrogen) atoms. The Hall–Kier alpha value is -2.35. The van der Waals surface area contributed by atoms with Crippen molar-refractivity contribution in [3.8, 4) is 0 Å². The molecule has 0 spiro atoms. The van der Waals surface area contributed by atoms with Gasteiger partial charge >= 0.3 is 0 Å². The number of nitrogens with one attached hydrogen (secondary N) is 1. The summed E-state index contributed by atoms with van der Waals surface area (Å²) in [7, 11) is -3.77. The van der Waals surface area contributed by atoms with Crippen molar-refractivity contribution in [2.45, 2.75) is 31.6 Å². The molecule has 1 fully saturated rings. The molecule has 2 aromatic rings. The molecule has 1 aromatic carbocycles. The average molecular weight is 363 g/mol. The van der Waals surface area contributed by atoms with Crippen LogP contribution in [0.5, 0.6) is 0 Å². The topological polar surface area (TPSA) is 92.5 Å². The smallest absolute Gasteiger partial charge is 0.263 e. The second-order valence-corrected chi connectivity index (χ2v) is 8.13. The lowest BCUT2D eigenvalue weighted by Crippen LogP contribution is -2.39. The maximum atomic E-state index is 12.5. The predicted molar refractivity (Wildman–Crippen MR) is 92.8 cm³/mol. The predicted octanol–water partition coefficient (Wildman–Crippen LogP) is 2.66. The fourth-order valence-corrected chi connectivity index (χ4v) is 3.93. The first-order chi connectivity index (χ1) is 11.8. The lowest BCUT2D eigenvalue weighted by Gasteiger charge is -2.31. The number of aromatic nitrogens is 1. The molecule has 3 rings (SSSR count). The molecule has 1 amide bonds. The van der Waals surface area contributed by atoms with Crippen LogP contribution in [0.4, 0.5) is 5.82 Å². The zero-order valence-corrected chi connectivity index (χ0v) is 15.0. The average Bonchev–Trinajstić information content (AvgIpc) is 2.98. The van der Waals surface area contributed by atoms with E-state index in [1.54, 1.807) is 19.1 Å². The van der Waals surface area contributed by atoms with Gasteiger partial charge in [-0.1, -0.05) is 12.1 Å². The van der Waals surface area contributed by atoms with Crippen molar-refractivity contribution < 1.29 is 17.7 Å². The van der Waals surface area contributed by atoms with Crippen LogP contribution >= 0.6 is 0 Å². The number of carbonyl (C=O) groups is 1. The van der Waals surface area contributed by atoms with Gasteiger partial charge in [0.05, 0.1) is 4.90 Å². The van der Waals surface area contributed by atoms with E-state index in [4.69, 9.17) is 4.52 Å². The van der Waals surface area contributed by atoms with Crippen LogP contribution in [0, 0.1) is 12.8 Å². The maximum Gasteiger partial charge on any atom is 0.263 e. The van der Waals surface area contributed by atoms with Gasteiger partial charge in [-0.25, -0.2) is 8.42 Å². The second-order valence-electron chi connectivity index (χ2n) is 6.45. The summed E-state index contributed by atoms with van der Waals surface area (Å²) in [6.45, 7) is 5.29. The zero-order chi connectivity index (χ0) is 18.0. The third-order valence-corrected chi connectivity index (χ3v) is 5.59. The van der Waals surface area contributed by atoms with Crippen molar-refractivity contribution in [1.29, 1.82) is 0 Å². The summed E-state index contributed by atoms with van der Waals surface area (Å²) in [4.78, 5) is 14.4. The molecule has 1 aliphatic heterocycles. The summed E-state index contributed by atoms with van der Waals surface area (Å²) < 4.78 is 31.9. The van der Waals surface area contributed by atoms with Crippen LogP contribution in [-0.2, 0) is 10.0 Å². The van der Waals surface area contributed by atoms with Gasteiger partial charge in [-0.2, -0.15) is 0 Å². The van der Waals surface area contributed by atoms with Gasteiger partial charge in [0, 0.05) is 24.7 Å². The normalized spacial score (nSPS) is 18.2.